The van der Waals surface area contributed by atoms with Crippen LogP contribution in [-0.4, -0.2) is 72.9 Å². The number of piperidine rings is 1. The number of aryl methyl sites for hydroxylation is 2. The number of alkyl halides is 3. The molecule has 0 bridgehead atoms. The molecular formula is C34H33F4N9O4. The number of aliphatic carboxylic acids is 1. The number of benzene rings is 2. The van der Waals surface area contributed by atoms with Gasteiger partial charge in [0.15, 0.2) is 0 Å². The van der Waals surface area contributed by atoms with Gasteiger partial charge in [0.1, 0.15) is 17.7 Å². The molecule has 51 heavy (non-hydrogen) atoms. The van der Waals surface area contributed by atoms with Gasteiger partial charge in [-0.05, 0) is 67.0 Å². The topological polar surface area (TPSA) is 170 Å². The van der Waals surface area contributed by atoms with Crippen LogP contribution in [0.25, 0.3) is 28.3 Å². The fourth-order valence-electron chi connectivity index (χ4n) is 6.73. The molecule has 13 nitrogen and oxygen atoms in total. The highest BCUT2D eigenvalue weighted by Gasteiger charge is 2.46. The Kier molecular flexibility index (Phi) is 8.61. The number of anilines is 2. The Bertz CT molecular complexity index is 2090. The Hall–Kier alpha value is -5.58. The molecule has 17 heteroatoms. The van der Waals surface area contributed by atoms with Gasteiger partial charge in [-0.15, -0.1) is 10.2 Å². The summed E-state index contributed by atoms with van der Waals surface area (Å²) in [4.78, 5) is 21.6. The molecule has 5 heterocycles. The lowest BCUT2D eigenvalue weighted by Gasteiger charge is -2.39. The van der Waals surface area contributed by atoms with Gasteiger partial charge in [-0.2, -0.15) is 28.2 Å². The largest absolute Gasteiger partial charge is 0.480 e. The molecule has 0 radical (unpaired) electrons. The van der Waals surface area contributed by atoms with Crippen LogP contribution in [0.5, 0.6) is 5.88 Å². The smallest absolute Gasteiger partial charge is 0.429 e. The second-order valence-corrected chi connectivity index (χ2v) is 12.9. The summed E-state index contributed by atoms with van der Waals surface area (Å²) in [7, 11) is 0. The minimum absolute atomic E-state index is 0.00230. The van der Waals surface area contributed by atoms with Crippen LogP contribution in [-0.2, 0) is 4.79 Å². The number of aromatic nitrogens is 6. The minimum atomic E-state index is -4.91. The third kappa shape index (κ3) is 6.93. The van der Waals surface area contributed by atoms with Gasteiger partial charge in [-0.25, -0.2) is 9.07 Å². The second-order valence-electron chi connectivity index (χ2n) is 12.9. The van der Waals surface area contributed by atoms with E-state index in [1.807, 2.05) is 4.90 Å². The Morgan fingerprint density at radius 2 is 1.82 bits per heavy atom. The van der Waals surface area contributed by atoms with E-state index in [2.05, 4.69) is 30.6 Å². The molecular weight excluding hydrogens is 674 g/mol. The van der Waals surface area contributed by atoms with Crippen LogP contribution in [0.15, 0.2) is 59.1 Å². The maximum absolute atomic E-state index is 15.2. The van der Waals surface area contributed by atoms with Crippen LogP contribution in [0.3, 0.4) is 0 Å². The first-order chi connectivity index (χ1) is 24.3. The Balaban J connectivity index is 1.19. The molecule has 1 spiro atoms. The van der Waals surface area contributed by atoms with E-state index in [1.54, 1.807) is 26.0 Å². The van der Waals surface area contributed by atoms with Crippen molar-refractivity contribution in [1.82, 2.24) is 35.3 Å². The van der Waals surface area contributed by atoms with Gasteiger partial charge in [0.05, 0.1) is 16.9 Å². The summed E-state index contributed by atoms with van der Waals surface area (Å²) >= 11 is 0. The zero-order chi connectivity index (χ0) is 36.1. The standard InChI is InChI=1S/C34H33F4N9O4/c1-18-7-10-47(45-18)26-14-21(20-3-5-22(24(35)13-20)30-44-43-19(2)50-30)4-6-23(26)29(34(36,37)38)51-28-15-27(41-32(39)42-28)46-11-8-33(9-12-46)16-25(31(48)49)40-17-33/h3-7,10,13-15,25,29,40H,8-9,11-12,16-17H2,1-2H3,(H,48,49)(H2,39,41,42)/t25?,29-/m1/s1. The number of hydrogen-bond acceptors (Lipinski definition) is 11. The van der Waals surface area contributed by atoms with E-state index in [0.29, 0.717) is 61.5 Å². The van der Waals surface area contributed by atoms with Crippen molar-refractivity contribution in [3.05, 3.63) is 77.7 Å². The molecule has 2 aromatic carbocycles. The number of carboxylic acid groups (broad SMARTS) is 1. The van der Waals surface area contributed by atoms with Gasteiger partial charge in [-0.1, -0.05) is 18.2 Å². The summed E-state index contributed by atoms with van der Waals surface area (Å²) in [6.07, 6.45) is -4.07. The predicted molar refractivity (Wildman–Crippen MR) is 176 cm³/mol. The average molecular weight is 708 g/mol. The third-order valence-corrected chi connectivity index (χ3v) is 9.39. The van der Waals surface area contributed by atoms with Crippen LogP contribution in [0.2, 0.25) is 0 Å². The van der Waals surface area contributed by atoms with Crippen LogP contribution in [0.1, 0.15) is 42.5 Å². The van der Waals surface area contributed by atoms with Gasteiger partial charge in [0.25, 0.3) is 5.89 Å². The van der Waals surface area contributed by atoms with E-state index >= 15 is 4.39 Å². The van der Waals surface area contributed by atoms with Crippen LogP contribution in [0.4, 0.5) is 29.3 Å². The van der Waals surface area contributed by atoms with Crippen molar-refractivity contribution in [1.29, 1.82) is 0 Å². The molecule has 2 aliphatic heterocycles. The molecule has 3 aromatic heterocycles. The maximum atomic E-state index is 15.2. The van der Waals surface area contributed by atoms with Crippen LogP contribution >= 0.6 is 0 Å². The van der Waals surface area contributed by atoms with E-state index in [9.17, 15) is 23.1 Å². The first-order valence-corrected chi connectivity index (χ1v) is 16.1. The third-order valence-electron chi connectivity index (χ3n) is 9.39. The lowest BCUT2D eigenvalue weighted by molar-refractivity contribution is -0.198. The molecule has 0 aliphatic carbocycles. The van der Waals surface area contributed by atoms with Gasteiger partial charge in [0.2, 0.25) is 23.8 Å². The number of ether oxygens (including phenoxy) is 1. The van der Waals surface area contributed by atoms with Crippen molar-refractivity contribution in [3.8, 4) is 34.1 Å². The minimum Gasteiger partial charge on any atom is -0.480 e. The van der Waals surface area contributed by atoms with Crippen molar-refractivity contribution < 1.29 is 36.6 Å². The average Bonchev–Trinajstić information content (AvgIpc) is 3.83. The molecule has 7 rings (SSSR count). The van der Waals surface area contributed by atoms with Gasteiger partial charge >= 0.3 is 12.1 Å². The first kappa shape index (κ1) is 33.9. The van der Waals surface area contributed by atoms with Gasteiger partial charge < -0.3 is 30.2 Å². The highest BCUT2D eigenvalue weighted by Crippen LogP contribution is 2.43. The predicted octanol–water partition coefficient (Wildman–Crippen LogP) is 5.43. The zero-order valence-corrected chi connectivity index (χ0v) is 27.5. The van der Waals surface area contributed by atoms with Crippen LogP contribution in [0, 0.1) is 25.1 Å². The number of hydrogen-bond donors (Lipinski definition) is 3. The highest BCUT2D eigenvalue weighted by atomic mass is 19.4. The van der Waals surface area contributed by atoms with E-state index in [4.69, 9.17) is 14.9 Å². The number of nitrogens with one attached hydrogen (secondary N) is 1. The van der Waals surface area contributed by atoms with Crippen molar-refractivity contribution in [3.63, 3.8) is 0 Å². The summed E-state index contributed by atoms with van der Waals surface area (Å²) in [6, 6.07) is 10.8. The number of rotatable bonds is 8. The van der Waals surface area contributed by atoms with Crippen molar-refractivity contribution in [2.45, 2.75) is 51.4 Å². The first-order valence-electron chi connectivity index (χ1n) is 16.1. The number of carbonyl (C=O) groups is 1. The SMILES string of the molecule is Cc1ccn(-c2cc(-c3ccc(-c4nnc(C)o4)c(F)c3)ccc2[C@@H](Oc2cc(N3CCC4(CC3)CNC(C(=O)O)C4)nc(N)n2)C(F)(F)F)n1. The molecule has 0 amide bonds. The van der Waals surface area contributed by atoms with E-state index < -0.39 is 30.1 Å². The molecule has 2 atom stereocenters. The summed E-state index contributed by atoms with van der Waals surface area (Å²) in [5.74, 6) is -1.62. The number of halogens is 4. The van der Waals surface area contributed by atoms with Gasteiger partial charge in [0, 0.05) is 44.4 Å². The fraction of sp³-hybridized carbons (Fsp3) is 0.353. The van der Waals surface area contributed by atoms with E-state index in [0.717, 1.165) is 0 Å². The lowest BCUT2D eigenvalue weighted by atomic mass is 9.76. The molecule has 0 saturated carbocycles. The number of carboxylic acids is 1. The summed E-state index contributed by atoms with van der Waals surface area (Å²) in [5, 5.41) is 24.4. The molecule has 2 fully saturated rings. The maximum Gasteiger partial charge on any atom is 0.429 e. The second kappa shape index (κ2) is 12.9. The fourth-order valence-corrected chi connectivity index (χ4v) is 6.73. The molecule has 5 aromatic rings. The summed E-state index contributed by atoms with van der Waals surface area (Å²) < 4.78 is 72.3. The zero-order valence-electron chi connectivity index (χ0n) is 27.5. The molecule has 1 unspecified atom stereocenters. The van der Waals surface area contributed by atoms with E-state index in [1.165, 1.54) is 47.3 Å². The number of nitrogens with two attached hydrogens (primary N) is 1. The monoisotopic (exact) mass is 707 g/mol. The quantitative estimate of drug-likeness (QED) is 0.175. The Labute approximate surface area is 288 Å². The molecule has 266 valence electrons. The van der Waals surface area contributed by atoms with Gasteiger partial charge in [-0.3, -0.25) is 4.79 Å². The highest BCUT2D eigenvalue weighted by molar-refractivity contribution is 5.74. The number of nitrogens with zero attached hydrogens (tertiary/aromatic N) is 7. The van der Waals surface area contributed by atoms with Crippen molar-refractivity contribution in [2.24, 2.45) is 5.41 Å². The van der Waals surface area contributed by atoms with Crippen molar-refractivity contribution in [2.75, 3.05) is 30.3 Å². The molecule has 2 aliphatic rings. The summed E-state index contributed by atoms with van der Waals surface area (Å²) in [5.41, 5.74) is 7.02. The molecule has 4 N–H and O–H groups in total. The number of nitrogen functional groups attached to an aromatic ring is 1. The molecule has 2 saturated heterocycles. The Morgan fingerprint density at radius 3 is 2.45 bits per heavy atom. The van der Waals surface area contributed by atoms with E-state index in [-0.39, 0.29) is 45.8 Å². The van der Waals surface area contributed by atoms with Crippen LogP contribution < -0.4 is 20.7 Å². The normalized spacial score (nSPS) is 17.9. The Morgan fingerprint density at radius 1 is 1.08 bits per heavy atom. The summed E-state index contributed by atoms with van der Waals surface area (Å²) in [6.45, 7) is 4.84. The van der Waals surface area contributed by atoms with Crippen molar-refractivity contribution >= 4 is 17.7 Å². The lowest BCUT2D eigenvalue weighted by Crippen LogP contribution is -2.41.